The molecule has 2 N–H and O–H groups in total. The molecule has 2 aromatic rings. The molecule has 18 heavy (non-hydrogen) atoms. The average Bonchev–Trinajstić information content (AvgIpc) is 2.65. The summed E-state index contributed by atoms with van der Waals surface area (Å²) in [5, 5.41) is 0.556. The van der Waals surface area contributed by atoms with Crippen LogP contribution in [0.3, 0.4) is 0 Å². The molecule has 0 aliphatic heterocycles. The molecule has 0 saturated carbocycles. The third-order valence-electron chi connectivity index (χ3n) is 2.68. The van der Waals surface area contributed by atoms with E-state index in [1.807, 2.05) is 6.07 Å². The molecule has 0 aliphatic rings. The van der Waals surface area contributed by atoms with Crippen molar-refractivity contribution in [3.8, 4) is 0 Å². The molecule has 0 bridgehead atoms. The summed E-state index contributed by atoms with van der Waals surface area (Å²) in [5.41, 5.74) is 7.40. The van der Waals surface area contributed by atoms with Crippen LogP contribution in [-0.4, -0.2) is 4.98 Å². The Hall–Kier alpha value is -0.940. The van der Waals surface area contributed by atoms with Crippen molar-refractivity contribution in [1.82, 2.24) is 4.98 Å². The number of aromatic nitrogens is 1. The highest BCUT2D eigenvalue weighted by Gasteiger charge is 2.13. The Labute approximate surface area is 118 Å². The largest absolute Gasteiger partial charge is 0.375 e. The highest BCUT2D eigenvalue weighted by atomic mass is 79.9. The van der Waals surface area contributed by atoms with Gasteiger partial charge in [-0.1, -0.05) is 35.3 Å². The fourth-order valence-corrected chi connectivity index (χ4v) is 3.21. The van der Waals surface area contributed by atoms with Crippen molar-refractivity contribution in [3.63, 3.8) is 0 Å². The van der Waals surface area contributed by atoms with Gasteiger partial charge in [-0.05, 0) is 18.6 Å². The summed E-state index contributed by atoms with van der Waals surface area (Å²) in [6, 6.07) is 5.02. The number of aryl methyl sites for hydroxylation is 1. The van der Waals surface area contributed by atoms with E-state index in [0.717, 1.165) is 27.9 Å². The molecule has 1 aromatic heterocycles. The molecular weight excluding hydrogens is 315 g/mol. The molecule has 0 unspecified atom stereocenters. The predicted molar refractivity (Wildman–Crippen MR) is 77.4 cm³/mol. The van der Waals surface area contributed by atoms with Gasteiger partial charge in [-0.25, -0.2) is 9.37 Å². The first kappa shape index (κ1) is 13.5. The van der Waals surface area contributed by atoms with Crippen LogP contribution in [0.25, 0.3) is 0 Å². The van der Waals surface area contributed by atoms with Crippen LogP contribution in [0.15, 0.2) is 22.7 Å². The van der Waals surface area contributed by atoms with Gasteiger partial charge in [-0.15, -0.1) is 11.3 Å². The van der Waals surface area contributed by atoms with Crippen LogP contribution in [0.4, 0.5) is 9.52 Å². The molecule has 1 heterocycles. The zero-order chi connectivity index (χ0) is 13.1. The Morgan fingerprint density at radius 3 is 2.89 bits per heavy atom. The molecule has 2 nitrogen and oxygen atoms in total. The van der Waals surface area contributed by atoms with Crippen molar-refractivity contribution in [2.24, 2.45) is 0 Å². The Balaban J connectivity index is 2.33. The number of hydrogen-bond acceptors (Lipinski definition) is 3. The summed E-state index contributed by atoms with van der Waals surface area (Å²) >= 11 is 4.83. The maximum Gasteiger partial charge on any atom is 0.180 e. The Morgan fingerprint density at radius 1 is 1.44 bits per heavy atom. The first-order chi connectivity index (χ1) is 8.61. The number of thiazole rings is 1. The van der Waals surface area contributed by atoms with Crippen LogP contribution in [0.5, 0.6) is 0 Å². The van der Waals surface area contributed by atoms with E-state index in [1.165, 1.54) is 17.4 Å². The van der Waals surface area contributed by atoms with E-state index < -0.39 is 0 Å². The van der Waals surface area contributed by atoms with Gasteiger partial charge in [0.2, 0.25) is 0 Å². The first-order valence-corrected chi connectivity index (χ1v) is 7.39. The number of anilines is 1. The molecule has 0 atom stereocenters. The minimum atomic E-state index is -0.196. The zero-order valence-corrected chi connectivity index (χ0v) is 12.4. The van der Waals surface area contributed by atoms with E-state index in [2.05, 4.69) is 27.8 Å². The van der Waals surface area contributed by atoms with Gasteiger partial charge in [0.05, 0.1) is 5.69 Å². The number of benzene rings is 1. The second-order valence-electron chi connectivity index (χ2n) is 4.05. The number of nitrogens with zero attached hydrogens (tertiary/aromatic N) is 1. The van der Waals surface area contributed by atoms with E-state index in [-0.39, 0.29) is 5.82 Å². The number of halogens is 2. The van der Waals surface area contributed by atoms with E-state index in [1.54, 1.807) is 6.07 Å². The Morgan fingerprint density at radius 2 is 2.22 bits per heavy atom. The second kappa shape index (κ2) is 5.80. The summed E-state index contributed by atoms with van der Waals surface area (Å²) in [6.45, 7) is 2.10. The molecule has 0 amide bonds. The fraction of sp³-hybridized carbons (Fsp3) is 0.308. The van der Waals surface area contributed by atoms with Crippen molar-refractivity contribution < 1.29 is 4.39 Å². The quantitative estimate of drug-likeness (QED) is 0.914. The molecule has 1 aromatic carbocycles. The molecular formula is C13H14BrFN2S. The minimum absolute atomic E-state index is 0.196. The lowest BCUT2D eigenvalue weighted by Gasteiger charge is -2.05. The van der Waals surface area contributed by atoms with Gasteiger partial charge >= 0.3 is 0 Å². The summed E-state index contributed by atoms with van der Waals surface area (Å²) in [5.74, 6) is -0.196. The van der Waals surface area contributed by atoms with Crippen LogP contribution in [0.1, 0.15) is 29.5 Å². The van der Waals surface area contributed by atoms with Gasteiger partial charge in [0.1, 0.15) is 5.82 Å². The number of rotatable bonds is 4. The average molecular weight is 329 g/mol. The summed E-state index contributed by atoms with van der Waals surface area (Å²) < 4.78 is 14.6. The maximum atomic E-state index is 13.8. The number of nitrogen functional groups attached to an aromatic ring is 1. The van der Waals surface area contributed by atoms with Crippen LogP contribution >= 0.6 is 27.3 Å². The lowest BCUT2D eigenvalue weighted by Crippen LogP contribution is -1.96. The van der Waals surface area contributed by atoms with Crippen LogP contribution in [-0.2, 0) is 12.8 Å². The second-order valence-corrected chi connectivity index (χ2v) is 6.02. The lowest BCUT2D eigenvalue weighted by molar-refractivity contribution is 0.612. The topological polar surface area (TPSA) is 38.9 Å². The normalized spacial score (nSPS) is 10.8. The van der Waals surface area contributed by atoms with E-state index in [9.17, 15) is 4.39 Å². The van der Waals surface area contributed by atoms with Gasteiger partial charge in [-0.2, -0.15) is 0 Å². The molecule has 0 saturated heterocycles. The summed E-state index contributed by atoms with van der Waals surface area (Å²) in [4.78, 5) is 5.37. The lowest BCUT2D eigenvalue weighted by atomic mass is 10.1. The van der Waals surface area contributed by atoms with Gasteiger partial charge in [0.15, 0.2) is 5.13 Å². The van der Waals surface area contributed by atoms with Gasteiger partial charge in [-0.3, -0.25) is 0 Å². The zero-order valence-electron chi connectivity index (χ0n) is 10.0. The van der Waals surface area contributed by atoms with E-state index >= 15 is 0 Å². The van der Waals surface area contributed by atoms with E-state index in [4.69, 9.17) is 5.73 Å². The van der Waals surface area contributed by atoms with Crippen molar-refractivity contribution >= 4 is 32.4 Å². The SMILES string of the molecule is CCCc1nc(N)sc1Cc1c(F)cccc1Br. The molecule has 96 valence electrons. The smallest absolute Gasteiger partial charge is 0.180 e. The molecule has 5 heteroatoms. The Bertz CT molecular complexity index is 534. The standard InChI is InChI=1S/C13H14BrFN2S/c1-2-4-11-12(18-13(16)17-11)7-8-9(14)5-3-6-10(8)15/h3,5-6H,2,4,7H2,1H3,(H2,16,17). The van der Waals surface area contributed by atoms with Crippen molar-refractivity contribution in [1.29, 1.82) is 0 Å². The third-order valence-corrected chi connectivity index (χ3v) is 4.35. The molecule has 0 radical (unpaired) electrons. The highest BCUT2D eigenvalue weighted by molar-refractivity contribution is 9.10. The van der Waals surface area contributed by atoms with Crippen molar-refractivity contribution in [3.05, 3.63) is 44.6 Å². The van der Waals surface area contributed by atoms with Crippen LogP contribution < -0.4 is 5.73 Å². The Kier molecular flexibility index (Phi) is 4.35. The van der Waals surface area contributed by atoms with E-state index in [0.29, 0.717) is 17.1 Å². The van der Waals surface area contributed by atoms with Gasteiger partial charge in [0, 0.05) is 21.3 Å². The number of hydrogen-bond donors (Lipinski definition) is 1. The molecule has 0 aliphatic carbocycles. The molecule has 2 rings (SSSR count). The first-order valence-electron chi connectivity index (χ1n) is 5.78. The summed E-state index contributed by atoms with van der Waals surface area (Å²) in [7, 11) is 0. The molecule has 0 spiro atoms. The van der Waals surface area contributed by atoms with Crippen LogP contribution in [0, 0.1) is 5.82 Å². The highest BCUT2D eigenvalue weighted by Crippen LogP contribution is 2.29. The third kappa shape index (κ3) is 2.90. The maximum absolute atomic E-state index is 13.8. The fourth-order valence-electron chi connectivity index (χ4n) is 1.84. The number of nitrogens with two attached hydrogens (primary N) is 1. The molecule has 0 fully saturated rings. The van der Waals surface area contributed by atoms with Gasteiger partial charge < -0.3 is 5.73 Å². The summed E-state index contributed by atoms with van der Waals surface area (Å²) in [6.07, 6.45) is 2.43. The van der Waals surface area contributed by atoms with Crippen LogP contribution in [0.2, 0.25) is 0 Å². The predicted octanol–water partition coefficient (Wildman–Crippen LogP) is 4.17. The monoisotopic (exact) mass is 328 g/mol. The van der Waals surface area contributed by atoms with Crippen molar-refractivity contribution in [2.45, 2.75) is 26.2 Å². The van der Waals surface area contributed by atoms with Crippen molar-refractivity contribution in [2.75, 3.05) is 5.73 Å². The minimum Gasteiger partial charge on any atom is -0.375 e. The van der Waals surface area contributed by atoms with Gasteiger partial charge in [0.25, 0.3) is 0 Å².